The molecular weight excluding hydrogens is 258 g/mol. The van der Waals surface area contributed by atoms with E-state index in [0.717, 1.165) is 30.2 Å². The van der Waals surface area contributed by atoms with E-state index in [1.807, 2.05) is 0 Å². The number of ether oxygens (including phenoxy) is 1. The number of benzene rings is 1. The average molecular weight is 282 g/mol. The van der Waals surface area contributed by atoms with E-state index >= 15 is 0 Å². The van der Waals surface area contributed by atoms with Gasteiger partial charge in [-0.3, -0.25) is 0 Å². The quantitative estimate of drug-likeness (QED) is 0.900. The van der Waals surface area contributed by atoms with Gasteiger partial charge in [-0.2, -0.15) is 0 Å². The van der Waals surface area contributed by atoms with Gasteiger partial charge >= 0.3 is 0 Å². The summed E-state index contributed by atoms with van der Waals surface area (Å²) in [7, 11) is 0. The Morgan fingerprint density at radius 1 is 1.37 bits per heavy atom. The SMILES string of the molecule is CCNC(c1cc(C)c(Cl)cc1C)C1CCOC1C. The molecule has 1 N–H and O–H groups in total. The van der Waals surface area contributed by atoms with Gasteiger partial charge in [0.15, 0.2) is 0 Å². The number of hydrogen-bond acceptors (Lipinski definition) is 2. The summed E-state index contributed by atoms with van der Waals surface area (Å²) < 4.78 is 5.74. The summed E-state index contributed by atoms with van der Waals surface area (Å²) in [5, 5.41) is 4.49. The topological polar surface area (TPSA) is 21.3 Å². The summed E-state index contributed by atoms with van der Waals surface area (Å²) in [6.45, 7) is 10.4. The van der Waals surface area contributed by atoms with Crippen molar-refractivity contribution in [3.05, 3.63) is 33.8 Å². The van der Waals surface area contributed by atoms with Gasteiger partial charge < -0.3 is 10.1 Å². The fraction of sp³-hybridized carbons (Fsp3) is 0.625. The molecule has 3 heteroatoms. The maximum atomic E-state index is 6.21. The zero-order chi connectivity index (χ0) is 14.0. The molecule has 1 fully saturated rings. The summed E-state index contributed by atoms with van der Waals surface area (Å²) >= 11 is 6.21. The summed E-state index contributed by atoms with van der Waals surface area (Å²) in [6, 6.07) is 4.67. The van der Waals surface area contributed by atoms with E-state index in [4.69, 9.17) is 16.3 Å². The predicted octanol–water partition coefficient (Wildman–Crippen LogP) is 4.03. The molecule has 0 radical (unpaired) electrons. The van der Waals surface area contributed by atoms with E-state index in [1.165, 1.54) is 11.1 Å². The number of hydrogen-bond donors (Lipinski definition) is 1. The molecule has 106 valence electrons. The van der Waals surface area contributed by atoms with Gasteiger partial charge in [-0.25, -0.2) is 0 Å². The van der Waals surface area contributed by atoms with Gasteiger partial charge in [0.1, 0.15) is 0 Å². The maximum Gasteiger partial charge on any atom is 0.0594 e. The Morgan fingerprint density at radius 3 is 2.68 bits per heavy atom. The van der Waals surface area contributed by atoms with Crippen LogP contribution in [-0.2, 0) is 4.74 Å². The summed E-state index contributed by atoms with van der Waals surface area (Å²) in [5.41, 5.74) is 3.78. The normalized spacial score (nSPS) is 24.7. The van der Waals surface area contributed by atoms with Crippen molar-refractivity contribution in [1.29, 1.82) is 0 Å². The first-order valence-electron chi connectivity index (χ1n) is 7.16. The smallest absolute Gasteiger partial charge is 0.0594 e. The van der Waals surface area contributed by atoms with Crippen molar-refractivity contribution in [1.82, 2.24) is 5.32 Å². The molecule has 1 aliphatic heterocycles. The largest absolute Gasteiger partial charge is 0.378 e. The standard InChI is InChI=1S/C16H24ClNO/c1-5-18-16(13-6-7-19-12(13)4)14-8-11(3)15(17)9-10(14)2/h8-9,12-13,16,18H,5-7H2,1-4H3. The first-order valence-corrected chi connectivity index (χ1v) is 7.54. The van der Waals surface area contributed by atoms with Crippen LogP contribution in [0.1, 0.15) is 43.0 Å². The Labute approximate surface area is 121 Å². The van der Waals surface area contributed by atoms with Gasteiger partial charge in [0.25, 0.3) is 0 Å². The van der Waals surface area contributed by atoms with E-state index in [1.54, 1.807) is 0 Å². The lowest BCUT2D eigenvalue weighted by atomic mass is 9.85. The summed E-state index contributed by atoms with van der Waals surface area (Å²) in [4.78, 5) is 0. The minimum absolute atomic E-state index is 0.319. The summed E-state index contributed by atoms with van der Waals surface area (Å²) in [5.74, 6) is 0.541. The third-order valence-corrected chi connectivity index (χ3v) is 4.58. The van der Waals surface area contributed by atoms with E-state index in [9.17, 15) is 0 Å². The lowest BCUT2D eigenvalue weighted by Gasteiger charge is -2.29. The molecule has 2 rings (SSSR count). The molecule has 0 spiro atoms. The Kier molecular flexibility index (Phi) is 4.88. The molecule has 0 aromatic heterocycles. The molecule has 2 nitrogen and oxygen atoms in total. The Bertz CT molecular complexity index is 447. The highest BCUT2D eigenvalue weighted by Crippen LogP contribution is 2.36. The zero-order valence-corrected chi connectivity index (χ0v) is 13.1. The second-order valence-electron chi connectivity index (χ2n) is 5.52. The number of rotatable bonds is 4. The molecule has 0 aliphatic carbocycles. The van der Waals surface area contributed by atoms with Crippen LogP contribution in [0.25, 0.3) is 0 Å². The minimum atomic E-state index is 0.319. The molecule has 0 saturated carbocycles. The van der Waals surface area contributed by atoms with Gasteiger partial charge in [0.2, 0.25) is 0 Å². The number of aryl methyl sites for hydroxylation is 2. The van der Waals surface area contributed by atoms with Crippen molar-refractivity contribution in [2.24, 2.45) is 5.92 Å². The maximum absolute atomic E-state index is 6.21. The molecule has 19 heavy (non-hydrogen) atoms. The lowest BCUT2D eigenvalue weighted by molar-refractivity contribution is 0.0955. The van der Waals surface area contributed by atoms with Crippen molar-refractivity contribution in [2.75, 3.05) is 13.2 Å². The second-order valence-corrected chi connectivity index (χ2v) is 5.93. The van der Waals surface area contributed by atoms with Crippen molar-refractivity contribution in [3.63, 3.8) is 0 Å². The average Bonchev–Trinajstić information content (AvgIpc) is 2.77. The molecule has 1 saturated heterocycles. The molecule has 0 bridgehead atoms. The third-order valence-electron chi connectivity index (χ3n) is 4.17. The van der Waals surface area contributed by atoms with E-state index in [0.29, 0.717) is 18.1 Å². The fourth-order valence-corrected chi connectivity index (χ4v) is 3.25. The van der Waals surface area contributed by atoms with Gasteiger partial charge in [-0.15, -0.1) is 0 Å². The molecule has 1 aliphatic rings. The number of halogens is 1. The molecule has 3 unspecified atom stereocenters. The van der Waals surface area contributed by atoms with Crippen LogP contribution in [-0.4, -0.2) is 19.3 Å². The Morgan fingerprint density at radius 2 is 2.11 bits per heavy atom. The van der Waals surface area contributed by atoms with Crippen LogP contribution < -0.4 is 5.32 Å². The molecule has 1 aromatic rings. The van der Waals surface area contributed by atoms with Crippen molar-refractivity contribution in [3.8, 4) is 0 Å². The van der Waals surface area contributed by atoms with Crippen molar-refractivity contribution < 1.29 is 4.74 Å². The minimum Gasteiger partial charge on any atom is -0.378 e. The van der Waals surface area contributed by atoms with E-state index in [-0.39, 0.29) is 0 Å². The highest BCUT2D eigenvalue weighted by molar-refractivity contribution is 6.31. The lowest BCUT2D eigenvalue weighted by Crippen LogP contribution is -2.32. The fourth-order valence-electron chi connectivity index (χ4n) is 3.04. The third kappa shape index (κ3) is 3.13. The van der Waals surface area contributed by atoms with Crippen LogP contribution in [0.4, 0.5) is 0 Å². The van der Waals surface area contributed by atoms with Gasteiger partial charge in [-0.05, 0) is 56.5 Å². The van der Waals surface area contributed by atoms with Crippen LogP contribution in [0.5, 0.6) is 0 Å². The first kappa shape index (κ1) is 14.8. The van der Waals surface area contributed by atoms with Gasteiger partial charge in [0.05, 0.1) is 6.10 Å². The number of nitrogens with one attached hydrogen (secondary N) is 1. The van der Waals surface area contributed by atoms with Crippen LogP contribution in [0.3, 0.4) is 0 Å². The molecule has 1 aromatic carbocycles. The molecule has 0 amide bonds. The van der Waals surface area contributed by atoms with Gasteiger partial charge in [-0.1, -0.05) is 24.6 Å². The van der Waals surface area contributed by atoms with Crippen LogP contribution in [0.2, 0.25) is 5.02 Å². The predicted molar refractivity (Wildman–Crippen MR) is 80.9 cm³/mol. The molecule has 3 atom stereocenters. The van der Waals surface area contributed by atoms with E-state index in [2.05, 4.69) is 45.1 Å². The van der Waals surface area contributed by atoms with Crippen molar-refractivity contribution in [2.45, 2.75) is 46.3 Å². The molecular formula is C16H24ClNO. The van der Waals surface area contributed by atoms with Crippen LogP contribution in [0.15, 0.2) is 12.1 Å². The first-order chi connectivity index (χ1) is 9.04. The Hall–Kier alpha value is -0.570. The monoisotopic (exact) mass is 281 g/mol. The second kappa shape index (κ2) is 6.25. The zero-order valence-electron chi connectivity index (χ0n) is 12.3. The van der Waals surface area contributed by atoms with Crippen molar-refractivity contribution >= 4 is 11.6 Å². The van der Waals surface area contributed by atoms with Crippen LogP contribution in [0, 0.1) is 19.8 Å². The van der Waals surface area contributed by atoms with E-state index < -0.39 is 0 Å². The van der Waals surface area contributed by atoms with Crippen LogP contribution >= 0.6 is 11.6 Å². The molecule has 1 heterocycles. The Balaban J connectivity index is 2.35. The van der Waals surface area contributed by atoms with Gasteiger partial charge in [0, 0.05) is 23.6 Å². The summed E-state index contributed by atoms with van der Waals surface area (Å²) in [6.07, 6.45) is 1.44. The highest BCUT2D eigenvalue weighted by Gasteiger charge is 2.33. The highest BCUT2D eigenvalue weighted by atomic mass is 35.5.